The predicted molar refractivity (Wildman–Crippen MR) is 109 cm³/mol. The molecular weight excluding hydrogens is 451 g/mol. The average molecular weight is 466 g/mol. The van der Waals surface area contributed by atoms with Crippen LogP contribution in [0.25, 0.3) is 6.08 Å². The summed E-state index contributed by atoms with van der Waals surface area (Å²) < 4.78 is 6.38. The first-order valence-electron chi connectivity index (χ1n) is 7.56. The number of para-hydroxylation sites is 1. The molecule has 2 aromatic rings. The number of ether oxygens (including phenoxy) is 1. The van der Waals surface area contributed by atoms with Gasteiger partial charge >= 0.3 is 0 Å². The summed E-state index contributed by atoms with van der Waals surface area (Å²) in [5.41, 5.74) is 1.59. The molecule has 3 rings (SSSR count). The molecule has 0 radical (unpaired) electrons. The molecule has 1 saturated heterocycles. The van der Waals surface area contributed by atoms with E-state index in [1.165, 1.54) is 11.8 Å². The molecule has 0 saturated carbocycles. The number of amides is 1. The average Bonchev–Trinajstić information content (AvgIpc) is 2.92. The van der Waals surface area contributed by atoms with Crippen molar-refractivity contribution >= 4 is 57.2 Å². The van der Waals surface area contributed by atoms with Crippen LogP contribution in [0, 0.1) is 3.57 Å². The zero-order valence-corrected chi connectivity index (χ0v) is 16.3. The van der Waals surface area contributed by atoms with Gasteiger partial charge in [0.05, 0.1) is 17.2 Å². The Morgan fingerprint density at radius 1 is 1.32 bits per heavy atom. The molecule has 7 heteroatoms. The van der Waals surface area contributed by atoms with Crippen molar-refractivity contribution in [2.45, 2.75) is 6.92 Å². The lowest BCUT2D eigenvalue weighted by atomic mass is 10.2. The number of benzene rings is 2. The number of carbonyl (C=O) groups is 1. The first kappa shape index (κ1) is 17.8. The van der Waals surface area contributed by atoms with Crippen LogP contribution in [0.1, 0.15) is 12.5 Å². The van der Waals surface area contributed by atoms with Crippen LogP contribution in [0.3, 0.4) is 0 Å². The maximum Gasteiger partial charge on any atom is 0.264 e. The van der Waals surface area contributed by atoms with Crippen molar-refractivity contribution in [3.63, 3.8) is 0 Å². The van der Waals surface area contributed by atoms with Crippen molar-refractivity contribution in [3.05, 3.63) is 56.5 Å². The van der Waals surface area contributed by atoms with Gasteiger partial charge in [-0.15, -0.1) is 0 Å². The maximum atomic E-state index is 12.2. The van der Waals surface area contributed by atoms with Gasteiger partial charge in [0.15, 0.2) is 16.7 Å². The third-order valence-corrected chi connectivity index (χ3v) is 5.13. The minimum absolute atomic E-state index is 0.0773. The van der Waals surface area contributed by atoms with Crippen molar-refractivity contribution in [1.29, 1.82) is 0 Å². The standard InChI is InChI=1S/C18H15IN2O3S/c1-2-24-15-9-11(7-8-14(15)22)10-16-17(23)21-18(25-16)20-13-6-4-3-5-12(13)19/h3-10,22H,2H2,1H3,(H,20,21,23)/b16-10+. The van der Waals surface area contributed by atoms with Crippen LogP contribution >= 0.6 is 34.4 Å². The molecule has 1 heterocycles. The van der Waals surface area contributed by atoms with Gasteiger partial charge in [-0.3, -0.25) is 4.79 Å². The Bertz CT molecular complexity index is 880. The second-order valence-electron chi connectivity index (χ2n) is 5.09. The number of nitrogens with one attached hydrogen (secondary N) is 1. The van der Waals surface area contributed by atoms with E-state index in [0.29, 0.717) is 22.4 Å². The molecule has 5 nitrogen and oxygen atoms in total. The summed E-state index contributed by atoms with van der Waals surface area (Å²) in [4.78, 5) is 17.2. The van der Waals surface area contributed by atoms with Gasteiger partial charge in [-0.1, -0.05) is 18.2 Å². The summed E-state index contributed by atoms with van der Waals surface area (Å²) >= 11 is 3.49. The fourth-order valence-electron chi connectivity index (χ4n) is 2.18. The number of aliphatic imine (C=N–C) groups is 1. The highest BCUT2D eigenvalue weighted by molar-refractivity contribution is 14.1. The second kappa shape index (κ2) is 7.92. The first-order valence-corrected chi connectivity index (χ1v) is 9.46. The minimum Gasteiger partial charge on any atom is -0.504 e. The molecule has 0 aromatic heterocycles. The molecule has 25 heavy (non-hydrogen) atoms. The van der Waals surface area contributed by atoms with Gasteiger partial charge in [0, 0.05) is 3.57 Å². The molecule has 1 aliphatic heterocycles. The van der Waals surface area contributed by atoms with E-state index in [9.17, 15) is 9.90 Å². The summed E-state index contributed by atoms with van der Waals surface area (Å²) in [7, 11) is 0. The molecule has 0 unspecified atom stereocenters. The number of halogens is 1. The number of hydrogen-bond acceptors (Lipinski definition) is 5. The molecule has 1 fully saturated rings. The van der Waals surface area contributed by atoms with Gasteiger partial charge in [-0.05, 0) is 77.2 Å². The molecule has 0 spiro atoms. The van der Waals surface area contributed by atoms with E-state index < -0.39 is 0 Å². The number of aromatic hydroxyl groups is 1. The van der Waals surface area contributed by atoms with Crippen molar-refractivity contribution in [2.75, 3.05) is 6.61 Å². The summed E-state index contributed by atoms with van der Waals surface area (Å²) in [6.07, 6.45) is 1.75. The number of hydrogen-bond donors (Lipinski definition) is 2. The molecule has 2 aromatic carbocycles. The molecule has 2 N–H and O–H groups in total. The topological polar surface area (TPSA) is 70.9 Å². The van der Waals surface area contributed by atoms with Gasteiger partial charge in [-0.25, -0.2) is 4.99 Å². The van der Waals surface area contributed by atoms with E-state index in [2.05, 4.69) is 32.9 Å². The zero-order chi connectivity index (χ0) is 17.8. The number of thioether (sulfide) groups is 1. The van der Waals surface area contributed by atoms with Crippen molar-refractivity contribution in [3.8, 4) is 11.5 Å². The van der Waals surface area contributed by atoms with Gasteiger partial charge in [-0.2, -0.15) is 0 Å². The Kier molecular flexibility index (Phi) is 5.64. The molecule has 1 aliphatic rings. The van der Waals surface area contributed by atoms with Crippen LogP contribution in [0.2, 0.25) is 0 Å². The summed E-state index contributed by atoms with van der Waals surface area (Å²) in [6, 6.07) is 12.7. The van der Waals surface area contributed by atoms with Crippen LogP contribution in [0.4, 0.5) is 5.69 Å². The lowest BCUT2D eigenvalue weighted by molar-refractivity contribution is -0.115. The molecule has 128 valence electrons. The number of nitrogens with zero attached hydrogens (tertiary/aromatic N) is 1. The van der Waals surface area contributed by atoms with Crippen molar-refractivity contribution < 1.29 is 14.6 Å². The van der Waals surface area contributed by atoms with Gasteiger partial charge in [0.2, 0.25) is 0 Å². The maximum absolute atomic E-state index is 12.2. The van der Waals surface area contributed by atoms with Gasteiger partial charge in [0.25, 0.3) is 5.91 Å². The Labute approximate surface area is 163 Å². The summed E-state index contributed by atoms with van der Waals surface area (Å²) in [6.45, 7) is 2.30. The molecule has 0 atom stereocenters. The lowest BCUT2D eigenvalue weighted by Gasteiger charge is -2.06. The Hall–Kier alpha value is -2.00. The van der Waals surface area contributed by atoms with E-state index in [1.54, 1.807) is 24.3 Å². The Morgan fingerprint density at radius 2 is 2.12 bits per heavy atom. The third-order valence-electron chi connectivity index (χ3n) is 3.31. The monoisotopic (exact) mass is 466 g/mol. The Morgan fingerprint density at radius 3 is 2.88 bits per heavy atom. The summed E-state index contributed by atoms with van der Waals surface area (Å²) in [5, 5.41) is 13.1. The van der Waals surface area contributed by atoms with Crippen LogP contribution in [0.5, 0.6) is 11.5 Å². The first-order chi connectivity index (χ1) is 12.1. The van der Waals surface area contributed by atoms with Gasteiger partial charge in [0.1, 0.15) is 0 Å². The highest BCUT2D eigenvalue weighted by Gasteiger charge is 2.24. The fourth-order valence-corrected chi connectivity index (χ4v) is 3.52. The number of rotatable bonds is 4. The van der Waals surface area contributed by atoms with Crippen LogP contribution < -0.4 is 10.1 Å². The molecule has 1 amide bonds. The smallest absolute Gasteiger partial charge is 0.264 e. The zero-order valence-electron chi connectivity index (χ0n) is 13.3. The van der Waals surface area contributed by atoms with Gasteiger partial charge < -0.3 is 15.2 Å². The SMILES string of the molecule is CCOc1cc(/C=C2/SC(=Nc3ccccc3I)NC2=O)ccc1O. The fraction of sp³-hybridized carbons (Fsp3) is 0.111. The quantitative estimate of drug-likeness (QED) is 0.521. The number of carbonyl (C=O) groups excluding carboxylic acids is 1. The highest BCUT2D eigenvalue weighted by Crippen LogP contribution is 2.32. The molecule has 0 bridgehead atoms. The van der Waals surface area contributed by atoms with E-state index in [0.717, 1.165) is 14.8 Å². The predicted octanol–water partition coefficient (Wildman–Crippen LogP) is 4.29. The van der Waals surface area contributed by atoms with E-state index in [-0.39, 0.29) is 11.7 Å². The lowest BCUT2D eigenvalue weighted by Crippen LogP contribution is -2.19. The van der Waals surface area contributed by atoms with E-state index in [4.69, 9.17) is 4.74 Å². The normalized spacial score (nSPS) is 17.1. The number of phenolic OH excluding ortho intramolecular Hbond substituents is 1. The van der Waals surface area contributed by atoms with Crippen LogP contribution in [-0.2, 0) is 4.79 Å². The second-order valence-corrected chi connectivity index (χ2v) is 7.29. The highest BCUT2D eigenvalue weighted by atomic mass is 127. The summed E-state index contributed by atoms with van der Waals surface area (Å²) in [5.74, 6) is 0.280. The number of amidine groups is 1. The number of phenols is 1. The van der Waals surface area contributed by atoms with E-state index >= 15 is 0 Å². The van der Waals surface area contributed by atoms with Crippen molar-refractivity contribution in [1.82, 2.24) is 5.32 Å². The third kappa shape index (κ3) is 4.35. The largest absolute Gasteiger partial charge is 0.504 e. The minimum atomic E-state index is -0.194. The van der Waals surface area contributed by atoms with Crippen LogP contribution in [0.15, 0.2) is 52.4 Å². The molecule has 0 aliphatic carbocycles. The van der Waals surface area contributed by atoms with Crippen molar-refractivity contribution in [2.24, 2.45) is 4.99 Å². The van der Waals surface area contributed by atoms with Crippen LogP contribution in [-0.4, -0.2) is 22.8 Å². The Balaban J connectivity index is 1.84. The van der Waals surface area contributed by atoms with E-state index in [1.807, 2.05) is 31.2 Å². The molecular formula is C18H15IN2O3S.